The summed E-state index contributed by atoms with van der Waals surface area (Å²) in [5.74, 6) is 0. The molecule has 4 aromatic heterocycles. The van der Waals surface area contributed by atoms with E-state index in [1.54, 1.807) is 22.7 Å². The van der Waals surface area contributed by atoms with Crippen molar-refractivity contribution < 1.29 is 0 Å². The molecule has 0 saturated heterocycles. The molecule has 0 atom stereocenters. The molecule has 0 aliphatic heterocycles. The van der Waals surface area contributed by atoms with Crippen LogP contribution < -0.4 is 0 Å². The van der Waals surface area contributed by atoms with Gasteiger partial charge in [0.05, 0.1) is 10.6 Å². The molecule has 4 rings (SSSR count). The van der Waals surface area contributed by atoms with Crippen molar-refractivity contribution in [2.75, 3.05) is 0 Å². The lowest BCUT2D eigenvalue weighted by molar-refractivity contribution is 1.30. The van der Waals surface area contributed by atoms with Gasteiger partial charge in [-0.15, -0.1) is 34.0 Å². The van der Waals surface area contributed by atoms with Crippen LogP contribution >= 0.6 is 34.0 Å². The number of aromatic nitrogens is 1. The first-order chi connectivity index (χ1) is 11.4. The molecule has 4 aromatic rings. The van der Waals surface area contributed by atoms with Crippen molar-refractivity contribution in [3.05, 3.63) is 76.7 Å². The highest BCUT2D eigenvalue weighted by molar-refractivity contribution is 7.26. The lowest BCUT2D eigenvalue weighted by Crippen LogP contribution is -1.76. The zero-order valence-electron chi connectivity index (χ0n) is 12.2. The quantitative estimate of drug-likeness (QED) is 0.395. The summed E-state index contributed by atoms with van der Waals surface area (Å²) in [4.78, 5) is 9.66. The molecule has 0 saturated carbocycles. The van der Waals surface area contributed by atoms with Gasteiger partial charge < -0.3 is 0 Å². The molecular formula is C19H13NS3. The molecule has 0 bridgehead atoms. The Kier molecular flexibility index (Phi) is 4.20. The van der Waals surface area contributed by atoms with Crippen LogP contribution in [0.2, 0.25) is 0 Å². The van der Waals surface area contributed by atoms with Gasteiger partial charge in [-0.2, -0.15) is 0 Å². The first-order valence-corrected chi connectivity index (χ1v) is 9.78. The summed E-state index contributed by atoms with van der Waals surface area (Å²) in [6.45, 7) is 0. The van der Waals surface area contributed by atoms with E-state index in [1.165, 1.54) is 25.1 Å². The third-order valence-electron chi connectivity index (χ3n) is 3.39. The van der Waals surface area contributed by atoms with E-state index in [0.29, 0.717) is 0 Å². The van der Waals surface area contributed by atoms with Crippen LogP contribution in [-0.2, 0) is 0 Å². The topological polar surface area (TPSA) is 12.9 Å². The van der Waals surface area contributed by atoms with Crippen LogP contribution in [0.3, 0.4) is 0 Å². The van der Waals surface area contributed by atoms with E-state index >= 15 is 0 Å². The van der Waals surface area contributed by atoms with Crippen molar-refractivity contribution in [3.8, 4) is 19.5 Å². The molecule has 23 heavy (non-hydrogen) atoms. The average Bonchev–Trinajstić information content (AvgIpc) is 3.33. The van der Waals surface area contributed by atoms with Crippen LogP contribution in [0.1, 0.15) is 11.3 Å². The Morgan fingerprint density at radius 2 is 1.61 bits per heavy atom. The predicted octanol–water partition coefficient (Wildman–Crippen LogP) is 6.77. The van der Waals surface area contributed by atoms with E-state index < -0.39 is 0 Å². The van der Waals surface area contributed by atoms with Gasteiger partial charge in [0.25, 0.3) is 0 Å². The van der Waals surface area contributed by atoms with Crippen LogP contribution in [-0.4, -0.2) is 4.98 Å². The van der Waals surface area contributed by atoms with E-state index in [1.807, 2.05) is 35.7 Å². The van der Waals surface area contributed by atoms with Gasteiger partial charge in [-0.1, -0.05) is 24.3 Å². The van der Waals surface area contributed by atoms with Crippen molar-refractivity contribution in [1.29, 1.82) is 0 Å². The molecule has 112 valence electrons. The van der Waals surface area contributed by atoms with Gasteiger partial charge >= 0.3 is 0 Å². The van der Waals surface area contributed by atoms with Gasteiger partial charge in [0.2, 0.25) is 0 Å². The van der Waals surface area contributed by atoms with E-state index in [2.05, 4.69) is 58.2 Å². The van der Waals surface area contributed by atoms with Crippen LogP contribution in [0.5, 0.6) is 0 Å². The highest BCUT2D eigenvalue weighted by Gasteiger charge is 2.12. The fraction of sp³-hybridized carbons (Fsp3) is 0. The second-order valence-corrected chi connectivity index (χ2v) is 7.89. The molecule has 0 unspecified atom stereocenters. The monoisotopic (exact) mass is 351 g/mol. The molecular weight excluding hydrogens is 338 g/mol. The summed E-state index contributed by atoms with van der Waals surface area (Å²) < 4.78 is 0. The van der Waals surface area contributed by atoms with Gasteiger partial charge in [-0.25, -0.2) is 0 Å². The fourth-order valence-corrected chi connectivity index (χ4v) is 5.17. The second-order valence-electron chi connectivity index (χ2n) is 4.94. The van der Waals surface area contributed by atoms with Crippen molar-refractivity contribution >= 4 is 46.2 Å². The minimum Gasteiger partial charge on any atom is -0.257 e. The molecule has 4 heteroatoms. The molecule has 0 aliphatic carbocycles. The highest BCUT2D eigenvalue weighted by Crippen LogP contribution is 2.42. The molecule has 0 aromatic carbocycles. The maximum atomic E-state index is 4.36. The van der Waals surface area contributed by atoms with E-state index in [9.17, 15) is 0 Å². The molecule has 0 N–H and O–H groups in total. The van der Waals surface area contributed by atoms with Crippen LogP contribution in [0.4, 0.5) is 0 Å². The summed E-state index contributed by atoms with van der Waals surface area (Å²) in [5, 5.41) is 4.26. The molecule has 0 spiro atoms. The maximum Gasteiger partial charge on any atom is 0.0629 e. The summed E-state index contributed by atoms with van der Waals surface area (Å²) in [7, 11) is 0. The fourth-order valence-electron chi connectivity index (χ4n) is 2.32. The van der Waals surface area contributed by atoms with E-state index in [0.717, 1.165) is 5.69 Å². The van der Waals surface area contributed by atoms with E-state index in [-0.39, 0.29) is 0 Å². The van der Waals surface area contributed by atoms with Crippen LogP contribution in [0.25, 0.3) is 31.7 Å². The smallest absolute Gasteiger partial charge is 0.0629 e. The number of rotatable bonds is 4. The first kappa shape index (κ1) is 14.6. The minimum absolute atomic E-state index is 0.980. The third-order valence-corrected chi connectivity index (χ3v) is 6.66. The van der Waals surface area contributed by atoms with Gasteiger partial charge in [0, 0.05) is 20.8 Å². The van der Waals surface area contributed by atoms with Crippen LogP contribution in [0, 0.1) is 0 Å². The molecule has 0 amide bonds. The standard InChI is InChI=1S/C19H13NS3/c1-2-10-20-15(5-1)9-8-14-13-18(16-6-3-11-21-16)23-19(14)17-7-4-12-22-17/h1-13H/b9-8+. The molecule has 0 fully saturated rings. The van der Waals surface area contributed by atoms with Crippen molar-refractivity contribution in [1.82, 2.24) is 4.98 Å². The highest BCUT2D eigenvalue weighted by atomic mass is 32.1. The second kappa shape index (κ2) is 6.62. The summed E-state index contributed by atoms with van der Waals surface area (Å²) in [6.07, 6.45) is 6.08. The van der Waals surface area contributed by atoms with E-state index in [4.69, 9.17) is 0 Å². The van der Waals surface area contributed by atoms with Gasteiger partial charge in [0.15, 0.2) is 0 Å². The number of nitrogens with zero attached hydrogens (tertiary/aromatic N) is 1. The third kappa shape index (κ3) is 3.20. The van der Waals surface area contributed by atoms with Crippen LogP contribution in [0.15, 0.2) is 65.5 Å². The van der Waals surface area contributed by atoms with Crippen molar-refractivity contribution in [2.24, 2.45) is 0 Å². The molecule has 4 heterocycles. The Morgan fingerprint density at radius 3 is 2.30 bits per heavy atom. The maximum absolute atomic E-state index is 4.36. The first-order valence-electron chi connectivity index (χ1n) is 7.21. The summed E-state index contributed by atoms with van der Waals surface area (Å²) >= 11 is 5.43. The molecule has 0 aliphatic rings. The Balaban J connectivity index is 1.76. The largest absolute Gasteiger partial charge is 0.257 e. The van der Waals surface area contributed by atoms with Gasteiger partial charge in [0.1, 0.15) is 0 Å². The average molecular weight is 352 g/mol. The minimum atomic E-state index is 0.980. The van der Waals surface area contributed by atoms with Crippen molar-refractivity contribution in [2.45, 2.75) is 0 Å². The Labute approximate surface area is 147 Å². The van der Waals surface area contributed by atoms with Gasteiger partial charge in [-0.3, -0.25) is 4.98 Å². The predicted molar refractivity (Wildman–Crippen MR) is 104 cm³/mol. The van der Waals surface area contributed by atoms with Crippen molar-refractivity contribution in [3.63, 3.8) is 0 Å². The lowest BCUT2D eigenvalue weighted by atomic mass is 10.2. The Morgan fingerprint density at radius 1 is 0.783 bits per heavy atom. The SMILES string of the molecule is C(=C\c1cc(-c2cccs2)sc1-c1cccs1)/c1ccccn1. The molecule has 0 radical (unpaired) electrons. The Hall–Kier alpha value is -2.01. The molecule has 1 nitrogen and oxygen atoms in total. The number of pyridine rings is 1. The lowest BCUT2D eigenvalue weighted by Gasteiger charge is -1.95. The zero-order chi connectivity index (χ0) is 15.5. The number of hydrogen-bond donors (Lipinski definition) is 0. The number of thiophene rings is 3. The summed E-state index contributed by atoms with van der Waals surface area (Å²) in [6, 6.07) is 16.8. The summed E-state index contributed by atoms with van der Waals surface area (Å²) in [5.41, 5.74) is 2.24. The zero-order valence-corrected chi connectivity index (χ0v) is 14.6. The normalized spacial score (nSPS) is 11.3. The van der Waals surface area contributed by atoms with Gasteiger partial charge in [-0.05, 0) is 52.7 Å². The number of hydrogen-bond acceptors (Lipinski definition) is 4. The Bertz CT molecular complexity index is 901.